The van der Waals surface area contributed by atoms with E-state index in [0.717, 1.165) is 29.7 Å². The highest BCUT2D eigenvalue weighted by atomic mass is 16.5. The average Bonchev–Trinajstić information content (AvgIpc) is 3.32. The fourth-order valence-electron chi connectivity index (χ4n) is 3.54. The highest BCUT2D eigenvalue weighted by Crippen LogP contribution is 2.29. The third-order valence-corrected chi connectivity index (χ3v) is 5.39. The van der Waals surface area contributed by atoms with E-state index in [1.54, 1.807) is 0 Å². The van der Waals surface area contributed by atoms with E-state index in [4.69, 9.17) is 4.52 Å². The number of nitrogens with zero attached hydrogens (tertiary/aromatic N) is 5. The van der Waals surface area contributed by atoms with Crippen molar-refractivity contribution in [3.05, 3.63) is 53.0 Å². The quantitative estimate of drug-likeness (QED) is 0.719. The van der Waals surface area contributed by atoms with Crippen LogP contribution in [0.2, 0.25) is 0 Å². The van der Waals surface area contributed by atoms with Crippen LogP contribution in [0.5, 0.6) is 0 Å². The lowest BCUT2D eigenvalue weighted by molar-refractivity contribution is 0.188. The zero-order valence-corrected chi connectivity index (χ0v) is 17.1. The van der Waals surface area contributed by atoms with Crippen molar-refractivity contribution < 1.29 is 9.32 Å². The zero-order chi connectivity index (χ0) is 20.4. The number of carbonyl (C=O) groups is 1. The number of hydrogen-bond acceptors (Lipinski definition) is 5. The Morgan fingerprint density at radius 2 is 2.10 bits per heavy atom. The number of carbonyl (C=O) groups excluding carboxylic acids is 1. The molecule has 1 N–H and O–H groups in total. The minimum absolute atomic E-state index is 0.0462. The van der Waals surface area contributed by atoms with E-state index in [1.165, 1.54) is 0 Å². The van der Waals surface area contributed by atoms with Gasteiger partial charge in [-0.25, -0.2) is 4.79 Å². The number of rotatable bonds is 5. The number of nitrogens with one attached hydrogen (secondary N) is 1. The smallest absolute Gasteiger partial charge is 0.317 e. The molecule has 29 heavy (non-hydrogen) atoms. The van der Waals surface area contributed by atoms with Crippen LogP contribution in [0.25, 0.3) is 11.6 Å². The first kappa shape index (κ1) is 19.2. The molecule has 0 saturated carbocycles. The van der Waals surface area contributed by atoms with Crippen molar-refractivity contribution >= 4 is 6.03 Å². The molecule has 2 amide bonds. The number of fused-ring (bicyclic) bond motifs is 1. The molecular formula is C21H26N6O2. The minimum atomic E-state index is -0.0462. The molecule has 8 heteroatoms. The van der Waals surface area contributed by atoms with E-state index < -0.39 is 0 Å². The van der Waals surface area contributed by atoms with Crippen LogP contribution in [0, 0.1) is 0 Å². The number of benzene rings is 1. The fraction of sp³-hybridized carbons (Fsp3) is 0.429. The molecular weight excluding hydrogens is 368 g/mol. The van der Waals surface area contributed by atoms with Gasteiger partial charge < -0.3 is 14.7 Å². The molecule has 0 unspecified atom stereocenters. The first-order valence-corrected chi connectivity index (χ1v) is 10.0. The predicted octanol–water partition coefficient (Wildman–Crippen LogP) is 2.93. The number of aryl methyl sites for hydroxylation is 1. The molecule has 152 valence electrons. The van der Waals surface area contributed by atoms with Crippen LogP contribution in [0.15, 0.2) is 34.9 Å². The Balaban J connectivity index is 1.55. The summed E-state index contributed by atoms with van der Waals surface area (Å²) in [5.41, 5.74) is 3.87. The summed E-state index contributed by atoms with van der Waals surface area (Å²) in [4.78, 5) is 19.0. The van der Waals surface area contributed by atoms with Gasteiger partial charge >= 0.3 is 6.03 Å². The fourth-order valence-corrected chi connectivity index (χ4v) is 3.54. The third-order valence-electron chi connectivity index (χ3n) is 5.39. The summed E-state index contributed by atoms with van der Waals surface area (Å²) in [5.74, 6) is 1.02. The summed E-state index contributed by atoms with van der Waals surface area (Å²) in [5, 5.41) is 11.8. The molecule has 1 aliphatic rings. The first-order chi connectivity index (χ1) is 14.0. The largest absolute Gasteiger partial charge is 0.336 e. The van der Waals surface area contributed by atoms with Crippen LogP contribution in [0.4, 0.5) is 4.79 Å². The first-order valence-electron chi connectivity index (χ1n) is 10.0. The second-order valence-electron chi connectivity index (χ2n) is 7.51. The van der Waals surface area contributed by atoms with Gasteiger partial charge in [-0.3, -0.25) is 4.68 Å². The van der Waals surface area contributed by atoms with Crippen LogP contribution in [-0.4, -0.2) is 43.4 Å². The van der Waals surface area contributed by atoms with Crippen molar-refractivity contribution in [2.45, 2.75) is 45.7 Å². The Morgan fingerprint density at radius 3 is 2.86 bits per heavy atom. The van der Waals surface area contributed by atoms with Crippen molar-refractivity contribution in [1.29, 1.82) is 0 Å². The monoisotopic (exact) mass is 394 g/mol. The van der Waals surface area contributed by atoms with Gasteiger partial charge in [-0.1, -0.05) is 42.4 Å². The predicted molar refractivity (Wildman–Crippen MR) is 108 cm³/mol. The van der Waals surface area contributed by atoms with E-state index in [9.17, 15) is 4.79 Å². The lowest BCUT2D eigenvalue weighted by Gasteiger charge is -2.28. The molecule has 4 rings (SSSR count). The van der Waals surface area contributed by atoms with Crippen LogP contribution < -0.4 is 5.32 Å². The maximum atomic E-state index is 12.6. The van der Waals surface area contributed by atoms with E-state index in [0.29, 0.717) is 36.9 Å². The van der Waals surface area contributed by atoms with Gasteiger partial charge in [0.2, 0.25) is 0 Å². The van der Waals surface area contributed by atoms with Crippen LogP contribution in [0.1, 0.15) is 42.9 Å². The Bertz CT molecular complexity index is 994. The number of hydrogen-bond donors (Lipinski definition) is 1. The van der Waals surface area contributed by atoms with E-state index in [2.05, 4.69) is 27.5 Å². The molecule has 0 aliphatic carbocycles. The molecule has 8 nitrogen and oxygen atoms in total. The Hall–Kier alpha value is -3.16. The van der Waals surface area contributed by atoms with Gasteiger partial charge in [0.1, 0.15) is 0 Å². The van der Waals surface area contributed by atoms with Gasteiger partial charge in [0.05, 0.1) is 6.54 Å². The Labute approximate surface area is 169 Å². The van der Waals surface area contributed by atoms with Gasteiger partial charge in [-0.15, -0.1) is 0 Å². The number of urea groups is 1. The van der Waals surface area contributed by atoms with Crippen LogP contribution >= 0.6 is 0 Å². The topological polar surface area (TPSA) is 89.1 Å². The molecule has 2 aromatic heterocycles. The molecule has 3 heterocycles. The van der Waals surface area contributed by atoms with E-state index >= 15 is 0 Å². The Kier molecular flexibility index (Phi) is 5.33. The van der Waals surface area contributed by atoms with Crippen molar-refractivity contribution in [3.63, 3.8) is 0 Å². The van der Waals surface area contributed by atoms with Crippen molar-refractivity contribution in [2.75, 3.05) is 6.54 Å². The maximum absolute atomic E-state index is 12.6. The highest BCUT2D eigenvalue weighted by Gasteiger charge is 2.29. The SMILES string of the molecule is CC[C@@H](C)NC(=O)N1CCc2c(c(-c3nc(Cc4ccccc4)no3)nn2C)C1. The van der Waals surface area contributed by atoms with Crippen molar-refractivity contribution in [1.82, 2.24) is 30.1 Å². The molecule has 1 aliphatic heterocycles. The second kappa shape index (κ2) is 8.06. The van der Waals surface area contributed by atoms with Gasteiger partial charge in [0.25, 0.3) is 5.89 Å². The molecule has 3 aromatic rings. The van der Waals surface area contributed by atoms with Crippen molar-refractivity contribution in [3.8, 4) is 11.6 Å². The molecule has 1 atom stereocenters. The third kappa shape index (κ3) is 4.01. The zero-order valence-electron chi connectivity index (χ0n) is 17.1. The lowest BCUT2D eigenvalue weighted by Crippen LogP contribution is -2.45. The van der Waals surface area contributed by atoms with Gasteiger partial charge in [-0.2, -0.15) is 10.1 Å². The molecule has 0 spiro atoms. The summed E-state index contributed by atoms with van der Waals surface area (Å²) in [6.07, 6.45) is 2.25. The molecule has 1 aromatic carbocycles. The molecule has 0 fully saturated rings. The lowest BCUT2D eigenvalue weighted by atomic mass is 10.1. The van der Waals surface area contributed by atoms with Crippen LogP contribution in [0.3, 0.4) is 0 Å². The standard InChI is InChI=1S/C21H26N6O2/c1-4-14(2)22-21(28)27-11-10-17-16(13-27)19(24-26(17)3)20-23-18(25-29-20)12-15-8-6-5-7-9-15/h5-9,14H,4,10-13H2,1-3H3,(H,22,28)/t14-/m1/s1. The second-order valence-corrected chi connectivity index (χ2v) is 7.51. The average molecular weight is 394 g/mol. The molecule has 0 bridgehead atoms. The van der Waals surface area contributed by atoms with E-state index in [-0.39, 0.29) is 12.1 Å². The summed E-state index contributed by atoms with van der Waals surface area (Å²) in [6, 6.07) is 10.1. The van der Waals surface area contributed by atoms with Crippen LogP contribution in [-0.2, 0) is 26.4 Å². The van der Waals surface area contributed by atoms with Crippen molar-refractivity contribution in [2.24, 2.45) is 7.05 Å². The normalized spacial score (nSPS) is 14.5. The minimum Gasteiger partial charge on any atom is -0.336 e. The van der Waals surface area contributed by atoms with Gasteiger partial charge in [-0.05, 0) is 18.9 Å². The summed E-state index contributed by atoms with van der Waals surface area (Å²) in [6.45, 7) is 5.21. The van der Waals surface area contributed by atoms with E-state index in [1.807, 2.05) is 53.9 Å². The number of aromatic nitrogens is 4. The Morgan fingerprint density at radius 1 is 1.31 bits per heavy atom. The molecule has 0 saturated heterocycles. The highest BCUT2D eigenvalue weighted by molar-refractivity contribution is 5.75. The summed E-state index contributed by atoms with van der Waals surface area (Å²) >= 11 is 0. The van der Waals surface area contributed by atoms with Gasteiger partial charge in [0.15, 0.2) is 11.5 Å². The summed E-state index contributed by atoms with van der Waals surface area (Å²) in [7, 11) is 1.92. The number of amides is 2. The van der Waals surface area contributed by atoms with Gasteiger partial charge in [0, 0.05) is 43.7 Å². The molecule has 0 radical (unpaired) electrons. The summed E-state index contributed by atoms with van der Waals surface area (Å²) < 4.78 is 7.38. The maximum Gasteiger partial charge on any atom is 0.317 e.